The average molecular weight is 285 g/mol. The predicted octanol–water partition coefficient (Wildman–Crippen LogP) is 4.08. The van der Waals surface area contributed by atoms with Crippen molar-refractivity contribution in [1.29, 1.82) is 0 Å². The third kappa shape index (κ3) is 2.57. The SMILES string of the molecule is CCn1cc(COc2cccc(F)c2)c2c(O)cccc21. The van der Waals surface area contributed by atoms with Crippen LogP contribution in [0.4, 0.5) is 4.39 Å². The van der Waals surface area contributed by atoms with E-state index in [2.05, 4.69) is 4.57 Å². The molecule has 1 aromatic heterocycles. The van der Waals surface area contributed by atoms with Crippen LogP contribution >= 0.6 is 0 Å². The molecule has 0 atom stereocenters. The predicted molar refractivity (Wildman–Crippen MR) is 80.0 cm³/mol. The van der Waals surface area contributed by atoms with Crippen molar-refractivity contribution >= 4 is 10.9 Å². The van der Waals surface area contributed by atoms with Gasteiger partial charge < -0.3 is 14.4 Å². The Morgan fingerprint density at radius 1 is 1.19 bits per heavy atom. The highest BCUT2D eigenvalue weighted by Gasteiger charge is 2.12. The van der Waals surface area contributed by atoms with Gasteiger partial charge in [0, 0.05) is 29.8 Å². The summed E-state index contributed by atoms with van der Waals surface area (Å²) in [6.07, 6.45) is 1.96. The summed E-state index contributed by atoms with van der Waals surface area (Å²) >= 11 is 0. The maximum atomic E-state index is 13.1. The summed E-state index contributed by atoms with van der Waals surface area (Å²) in [6.45, 7) is 3.13. The van der Waals surface area contributed by atoms with Crippen molar-refractivity contribution in [1.82, 2.24) is 4.57 Å². The smallest absolute Gasteiger partial charge is 0.126 e. The third-order valence-corrected chi connectivity index (χ3v) is 3.49. The number of fused-ring (bicyclic) bond motifs is 1. The zero-order valence-electron chi connectivity index (χ0n) is 11.7. The lowest BCUT2D eigenvalue weighted by Crippen LogP contribution is -1.95. The normalized spacial score (nSPS) is 11.0. The molecule has 0 spiro atoms. The molecular formula is C17H16FNO2. The topological polar surface area (TPSA) is 34.4 Å². The zero-order valence-corrected chi connectivity index (χ0v) is 11.7. The number of rotatable bonds is 4. The van der Waals surface area contributed by atoms with Crippen LogP contribution in [0.5, 0.6) is 11.5 Å². The number of aryl methyl sites for hydroxylation is 1. The Morgan fingerprint density at radius 3 is 2.76 bits per heavy atom. The average Bonchev–Trinajstić information content (AvgIpc) is 2.85. The number of nitrogens with zero attached hydrogens (tertiary/aromatic N) is 1. The monoisotopic (exact) mass is 285 g/mol. The van der Waals surface area contributed by atoms with Gasteiger partial charge in [0.05, 0.1) is 5.52 Å². The molecule has 1 N–H and O–H groups in total. The second-order valence-electron chi connectivity index (χ2n) is 4.86. The van der Waals surface area contributed by atoms with Crippen LogP contribution in [-0.4, -0.2) is 9.67 Å². The van der Waals surface area contributed by atoms with E-state index in [4.69, 9.17) is 4.74 Å². The van der Waals surface area contributed by atoms with Gasteiger partial charge in [0.1, 0.15) is 23.9 Å². The number of ether oxygens (including phenoxy) is 1. The highest BCUT2D eigenvalue weighted by molar-refractivity contribution is 5.89. The van der Waals surface area contributed by atoms with Crippen LogP contribution in [0.3, 0.4) is 0 Å². The van der Waals surface area contributed by atoms with Crippen LogP contribution in [0.25, 0.3) is 10.9 Å². The van der Waals surface area contributed by atoms with Gasteiger partial charge in [0.2, 0.25) is 0 Å². The van der Waals surface area contributed by atoms with Crippen LogP contribution in [0.15, 0.2) is 48.7 Å². The first-order valence-electron chi connectivity index (χ1n) is 6.87. The van der Waals surface area contributed by atoms with Crippen LogP contribution in [0.1, 0.15) is 12.5 Å². The molecule has 0 aliphatic rings. The van der Waals surface area contributed by atoms with E-state index >= 15 is 0 Å². The molecule has 0 radical (unpaired) electrons. The molecule has 0 saturated heterocycles. The van der Waals surface area contributed by atoms with Gasteiger partial charge in [-0.2, -0.15) is 0 Å². The number of benzene rings is 2. The molecule has 0 unspecified atom stereocenters. The fraction of sp³-hybridized carbons (Fsp3) is 0.176. The van der Waals surface area contributed by atoms with E-state index in [9.17, 15) is 9.50 Å². The molecular weight excluding hydrogens is 269 g/mol. The van der Waals surface area contributed by atoms with Crippen molar-refractivity contribution in [3.8, 4) is 11.5 Å². The maximum absolute atomic E-state index is 13.1. The summed E-state index contributed by atoms with van der Waals surface area (Å²) in [4.78, 5) is 0. The van der Waals surface area contributed by atoms with Crippen molar-refractivity contribution in [2.45, 2.75) is 20.1 Å². The molecule has 0 aliphatic heterocycles. The van der Waals surface area contributed by atoms with Gasteiger partial charge >= 0.3 is 0 Å². The Balaban J connectivity index is 1.94. The van der Waals surface area contributed by atoms with Crippen LogP contribution in [-0.2, 0) is 13.2 Å². The number of halogens is 1. The number of aromatic hydroxyl groups is 1. The van der Waals surface area contributed by atoms with Gasteiger partial charge in [-0.3, -0.25) is 0 Å². The number of phenolic OH excluding ortho intramolecular Hbond substituents is 1. The first-order valence-corrected chi connectivity index (χ1v) is 6.87. The summed E-state index contributed by atoms with van der Waals surface area (Å²) in [5, 5.41) is 10.9. The molecule has 3 nitrogen and oxygen atoms in total. The van der Waals surface area contributed by atoms with Crippen molar-refractivity contribution in [3.63, 3.8) is 0 Å². The number of aromatic nitrogens is 1. The van der Waals surface area contributed by atoms with Gasteiger partial charge in [0.25, 0.3) is 0 Å². The summed E-state index contributed by atoms with van der Waals surface area (Å²) in [7, 11) is 0. The number of hydrogen-bond acceptors (Lipinski definition) is 2. The molecule has 0 bridgehead atoms. The van der Waals surface area contributed by atoms with E-state index in [1.807, 2.05) is 25.3 Å². The Bertz CT molecular complexity index is 780. The molecule has 21 heavy (non-hydrogen) atoms. The largest absolute Gasteiger partial charge is 0.507 e. The van der Waals surface area contributed by atoms with Crippen molar-refractivity contribution in [2.75, 3.05) is 0 Å². The van der Waals surface area contributed by atoms with E-state index < -0.39 is 0 Å². The first-order chi connectivity index (χ1) is 10.2. The van der Waals surface area contributed by atoms with E-state index in [1.165, 1.54) is 12.1 Å². The van der Waals surface area contributed by atoms with Crippen molar-refractivity contribution < 1.29 is 14.2 Å². The van der Waals surface area contributed by atoms with Gasteiger partial charge in [0.15, 0.2) is 0 Å². The first kappa shape index (κ1) is 13.5. The summed E-state index contributed by atoms with van der Waals surface area (Å²) in [5.41, 5.74) is 1.85. The molecule has 1 heterocycles. The fourth-order valence-corrected chi connectivity index (χ4v) is 2.51. The number of hydrogen-bond donors (Lipinski definition) is 1. The van der Waals surface area contributed by atoms with Crippen LogP contribution in [0, 0.1) is 5.82 Å². The Labute approximate surface area is 122 Å². The second-order valence-corrected chi connectivity index (χ2v) is 4.86. The highest BCUT2D eigenvalue weighted by Crippen LogP contribution is 2.30. The van der Waals surface area contributed by atoms with Crippen LogP contribution in [0.2, 0.25) is 0 Å². The van der Waals surface area contributed by atoms with Crippen molar-refractivity contribution in [3.05, 3.63) is 60.0 Å². The summed E-state index contributed by atoms with van der Waals surface area (Å²) in [6, 6.07) is 11.5. The molecule has 4 heteroatoms. The van der Waals surface area contributed by atoms with Gasteiger partial charge in [-0.15, -0.1) is 0 Å². The minimum Gasteiger partial charge on any atom is -0.507 e. The molecule has 2 aromatic carbocycles. The van der Waals surface area contributed by atoms with E-state index in [1.54, 1.807) is 18.2 Å². The zero-order chi connectivity index (χ0) is 14.8. The minimum atomic E-state index is -0.327. The Morgan fingerprint density at radius 2 is 2.00 bits per heavy atom. The minimum absolute atomic E-state index is 0.234. The summed E-state index contributed by atoms with van der Waals surface area (Å²) in [5.74, 6) is 0.381. The molecule has 0 amide bonds. The lowest BCUT2D eigenvalue weighted by Gasteiger charge is -2.05. The van der Waals surface area contributed by atoms with E-state index in [-0.39, 0.29) is 18.2 Å². The quantitative estimate of drug-likeness (QED) is 0.783. The maximum Gasteiger partial charge on any atom is 0.126 e. The highest BCUT2D eigenvalue weighted by atomic mass is 19.1. The van der Waals surface area contributed by atoms with Gasteiger partial charge in [-0.1, -0.05) is 12.1 Å². The van der Waals surface area contributed by atoms with Gasteiger partial charge in [-0.25, -0.2) is 4.39 Å². The van der Waals surface area contributed by atoms with Crippen LogP contribution < -0.4 is 4.74 Å². The molecule has 3 rings (SSSR count). The second kappa shape index (κ2) is 5.48. The van der Waals surface area contributed by atoms with Gasteiger partial charge in [-0.05, 0) is 31.2 Å². The molecule has 108 valence electrons. The van der Waals surface area contributed by atoms with E-state index in [0.717, 1.165) is 23.0 Å². The fourth-order valence-electron chi connectivity index (χ4n) is 2.51. The lowest BCUT2D eigenvalue weighted by molar-refractivity contribution is 0.305. The van der Waals surface area contributed by atoms with E-state index in [0.29, 0.717) is 5.75 Å². The molecule has 3 aromatic rings. The Kier molecular flexibility index (Phi) is 3.52. The lowest BCUT2D eigenvalue weighted by atomic mass is 10.1. The standard InChI is InChI=1S/C17H16FNO2/c1-2-19-10-12(17-15(19)7-4-8-16(17)20)11-21-14-6-3-5-13(18)9-14/h3-10,20H,2,11H2,1H3. The number of phenols is 1. The third-order valence-electron chi connectivity index (χ3n) is 3.49. The Hall–Kier alpha value is -2.49. The molecule has 0 aliphatic carbocycles. The molecule has 0 fully saturated rings. The molecule has 0 saturated carbocycles. The summed E-state index contributed by atoms with van der Waals surface area (Å²) < 4.78 is 20.8. The van der Waals surface area contributed by atoms with Crippen molar-refractivity contribution in [2.24, 2.45) is 0 Å².